The summed E-state index contributed by atoms with van der Waals surface area (Å²) in [5.41, 5.74) is 0. The maximum atomic E-state index is 8.69. The lowest BCUT2D eigenvalue weighted by atomic mass is 10.5. The minimum Gasteiger partial charge on any atom is -0.385 e. The molecule has 1 aromatic rings. The Hall–Kier alpha value is -1.38. The normalized spacial score (nSPS) is 10.1. The number of methoxy groups -OCH3 is 1. The van der Waals surface area contributed by atoms with Crippen molar-refractivity contribution in [2.45, 2.75) is 13.0 Å². The van der Waals surface area contributed by atoms with Gasteiger partial charge in [-0.15, -0.1) is 0 Å². The molecule has 1 rings (SSSR count). The summed E-state index contributed by atoms with van der Waals surface area (Å²) < 4.78 is 12.0. The molecule has 0 radical (unpaired) electrons. The van der Waals surface area contributed by atoms with Crippen LogP contribution in [0.5, 0.6) is 0 Å². The van der Waals surface area contributed by atoms with Crippen molar-refractivity contribution in [3.8, 4) is 6.07 Å². The van der Waals surface area contributed by atoms with E-state index in [1.807, 2.05) is 6.07 Å². The number of rotatable bonds is 7. The van der Waals surface area contributed by atoms with Gasteiger partial charge in [-0.1, -0.05) is 0 Å². The van der Waals surface area contributed by atoms with Gasteiger partial charge in [-0.25, -0.2) is 4.98 Å². The van der Waals surface area contributed by atoms with E-state index in [4.69, 9.17) is 14.7 Å². The van der Waals surface area contributed by atoms with Crippen LogP contribution >= 0.6 is 0 Å². The Bertz CT molecular complexity index is 317. The minimum absolute atomic E-state index is 0.426. The van der Waals surface area contributed by atoms with Crippen LogP contribution in [0.2, 0.25) is 0 Å². The molecular formula is C10H15N3O2. The Labute approximate surface area is 89.2 Å². The molecule has 0 aliphatic heterocycles. The molecule has 0 bridgehead atoms. The first-order chi connectivity index (χ1) is 7.38. The molecule has 1 aromatic heterocycles. The lowest BCUT2D eigenvalue weighted by Crippen LogP contribution is -2.08. The van der Waals surface area contributed by atoms with Gasteiger partial charge in [0.1, 0.15) is 6.07 Å². The first-order valence-corrected chi connectivity index (χ1v) is 4.86. The smallest absolute Gasteiger partial charge is 0.212 e. The maximum Gasteiger partial charge on any atom is 0.212 e. The molecule has 0 aliphatic rings. The number of hydrogen-bond acceptors (Lipinski definition) is 4. The molecule has 0 aliphatic carbocycles. The second-order valence-electron chi connectivity index (χ2n) is 3.01. The van der Waals surface area contributed by atoms with Crippen LogP contribution in [0.25, 0.3) is 0 Å². The van der Waals surface area contributed by atoms with Crippen molar-refractivity contribution >= 4 is 0 Å². The molecule has 5 heteroatoms. The van der Waals surface area contributed by atoms with E-state index in [9.17, 15) is 0 Å². The summed E-state index contributed by atoms with van der Waals surface area (Å²) in [7, 11) is 1.67. The van der Waals surface area contributed by atoms with Gasteiger partial charge in [0.05, 0.1) is 6.61 Å². The number of ether oxygens (including phenoxy) is 2. The third-order valence-corrected chi connectivity index (χ3v) is 1.93. The fourth-order valence-electron chi connectivity index (χ4n) is 1.17. The zero-order chi connectivity index (χ0) is 10.9. The van der Waals surface area contributed by atoms with E-state index in [-0.39, 0.29) is 0 Å². The highest BCUT2D eigenvalue weighted by Gasteiger charge is 1.99. The molecule has 0 N–H and O–H groups in total. The van der Waals surface area contributed by atoms with Crippen molar-refractivity contribution in [2.75, 3.05) is 26.9 Å². The van der Waals surface area contributed by atoms with E-state index in [2.05, 4.69) is 4.98 Å². The lowest BCUT2D eigenvalue weighted by Gasteiger charge is -2.05. The summed E-state index contributed by atoms with van der Waals surface area (Å²) in [5, 5.41) is 8.69. The second kappa shape index (κ2) is 6.98. The largest absolute Gasteiger partial charge is 0.385 e. The summed E-state index contributed by atoms with van der Waals surface area (Å²) in [6.07, 6.45) is 4.28. The molecule has 0 unspecified atom stereocenters. The van der Waals surface area contributed by atoms with E-state index >= 15 is 0 Å². The SMILES string of the molecule is COCCCOCCn1ccnc1C#N. The van der Waals surface area contributed by atoms with Crippen molar-refractivity contribution < 1.29 is 9.47 Å². The van der Waals surface area contributed by atoms with Crippen molar-refractivity contribution in [2.24, 2.45) is 0 Å². The summed E-state index contributed by atoms with van der Waals surface area (Å²) in [5.74, 6) is 0.426. The predicted octanol–water partition coefficient (Wildman–Crippen LogP) is 0.808. The number of hydrogen-bond donors (Lipinski definition) is 0. The van der Waals surface area contributed by atoms with Gasteiger partial charge in [0.25, 0.3) is 0 Å². The molecule has 0 atom stereocenters. The molecule has 0 saturated heterocycles. The van der Waals surface area contributed by atoms with Crippen molar-refractivity contribution in [3.63, 3.8) is 0 Å². The molecular weight excluding hydrogens is 194 g/mol. The maximum absolute atomic E-state index is 8.69. The Kier molecular flexibility index (Phi) is 5.44. The standard InChI is InChI=1S/C10H15N3O2/c1-14-6-2-7-15-8-5-13-4-3-12-10(13)9-11/h3-4H,2,5-8H2,1H3. The van der Waals surface area contributed by atoms with Crippen molar-refractivity contribution in [1.29, 1.82) is 5.26 Å². The Morgan fingerprint density at radius 2 is 2.33 bits per heavy atom. The van der Waals surface area contributed by atoms with E-state index in [0.29, 0.717) is 32.2 Å². The zero-order valence-electron chi connectivity index (χ0n) is 8.85. The van der Waals surface area contributed by atoms with Gasteiger partial charge >= 0.3 is 0 Å². The third kappa shape index (κ3) is 4.11. The molecule has 1 heterocycles. The molecule has 15 heavy (non-hydrogen) atoms. The van der Waals surface area contributed by atoms with Gasteiger partial charge in [0, 0.05) is 39.3 Å². The fourth-order valence-corrected chi connectivity index (χ4v) is 1.17. The third-order valence-electron chi connectivity index (χ3n) is 1.93. The summed E-state index contributed by atoms with van der Waals surface area (Å²) in [4.78, 5) is 3.89. The molecule has 82 valence electrons. The average Bonchev–Trinajstić information content (AvgIpc) is 2.70. The Morgan fingerprint density at radius 3 is 3.07 bits per heavy atom. The van der Waals surface area contributed by atoms with Gasteiger partial charge in [-0.05, 0) is 6.42 Å². The monoisotopic (exact) mass is 209 g/mol. The highest BCUT2D eigenvalue weighted by molar-refractivity contribution is 5.10. The molecule has 5 nitrogen and oxygen atoms in total. The van der Waals surface area contributed by atoms with Gasteiger partial charge < -0.3 is 14.0 Å². The van der Waals surface area contributed by atoms with Gasteiger partial charge in [-0.2, -0.15) is 5.26 Å². The lowest BCUT2D eigenvalue weighted by molar-refractivity contribution is 0.0975. The molecule has 0 saturated carbocycles. The number of nitriles is 1. The molecule has 0 amide bonds. The van der Waals surface area contributed by atoms with E-state index < -0.39 is 0 Å². The van der Waals surface area contributed by atoms with Crippen molar-refractivity contribution in [1.82, 2.24) is 9.55 Å². The van der Waals surface area contributed by atoms with Crippen LogP contribution in [0.15, 0.2) is 12.4 Å². The van der Waals surface area contributed by atoms with E-state index in [0.717, 1.165) is 6.42 Å². The van der Waals surface area contributed by atoms with Crippen LogP contribution in [-0.4, -0.2) is 36.5 Å². The number of aromatic nitrogens is 2. The first-order valence-electron chi connectivity index (χ1n) is 4.86. The van der Waals surface area contributed by atoms with Crippen LogP contribution in [0, 0.1) is 11.3 Å². The zero-order valence-corrected chi connectivity index (χ0v) is 8.85. The van der Waals surface area contributed by atoms with Gasteiger partial charge in [-0.3, -0.25) is 0 Å². The van der Waals surface area contributed by atoms with Crippen molar-refractivity contribution in [3.05, 3.63) is 18.2 Å². The van der Waals surface area contributed by atoms with E-state index in [1.54, 1.807) is 24.1 Å². The number of imidazole rings is 1. The molecule has 0 aromatic carbocycles. The minimum atomic E-state index is 0.426. The van der Waals surface area contributed by atoms with Crippen LogP contribution in [0.1, 0.15) is 12.2 Å². The highest BCUT2D eigenvalue weighted by atomic mass is 16.5. The summed E-state index contributed by atoms with van der Waals surface area (Å²) in [6.45, 7) is 2.66. The second-order valence-corrected chi connectivity index (χ2v) is 3.01. The van der Waals surface area contributed by atoms with Crippen LogP contribution < -0.4 is 0 Å². The van der Waals surface area contributed by atoms with Crippen LogP contribution in [-0.2, 0) is 16.0 Å². The van der Waals surface area contributed by atoms with Gasteiger partial charge in [0.15, 0.2) is 0 Å². The first kappa shape index (κ1) is 11.7. The predicted molar refractivity (Wildman–Crippen MR) is 54.3 cm³/mol. The topological polar surface area (TPSA) is 60.1 Å². The highest BCUT2D eigenvalue weighted by Crippen LogP contribution is 1.95. The molecule has 0 spiro atoms. The summed E-state index contributed by atoms with van der Waals surface area (Å²) in [6, 6.07) is 2.01. The van der Waals surface area contributed by atoms with E-state index in [1.165, 1.54) is 0 Å². The fraction of sp³-hybridized carbons (Fsp3) is 0.600. The van der Waals surface area contributed by atoms with Crippen LogP contribution in [0.4, 0.5) is 0 Å². The Morgan fingerprint density at radius 1 is 1.47 bits per heavy atom. The average molecular weight is 209 g/mol. The van der Waals surface area contributed by atoms with Crippen LogP contribution in [0.3, 0.4) is 0 Å². The number of nitrogens with zero attached hydrogens (tertiary/aromatic N) is 3. The Balaban J connectivity index is 2.13. The quantitative estimate of drug-likeness (QED) is 0.623. The summed E-state index contributed by atoms with van der Waals surface area (Å²) >= 11 is 0. The molecule has 0 fully saturated rings. The van der Waals surface area contributed by atoms with Gasteiger partial charge in [0.2, 0.25) is 5.82 Å².